The van der Waals surface area contributed by atoms with Gasteiger partial charge in [-0.25, -0.2) is 0 Å². The topological polar surface area (TPSA) is 70.2 Å². The van der Waals surface area contributed by atoms with Crippen LogP contribution in [0.2, 0.25) is 0 Å². The predicted octanol–water partition coefficient (Wildman–Crippen LogP) is 40.3. The number of hydrogen-bond donors (Lipinski definition) is 0. The molecule has 23 aromatic rings. The van der Waals surface area contributed by atoms with Gasteiger partial charge in [0.25, 0.3) is 0 Å². The summed E-state index contributed by atoms with van der Waals surface area (Å²) in [4.78, 5) is 2.52. The minimum Gasteiger partial charge on any atom is -0.491 e. The van der Waals surface area contributed by atoms with Crippen molar-refractivity contribution in [2.75, 3.05) is 52.2 Å². The molecule has 0 atom stereocenters. The Morgan fingerprint density at radius 2 is 0.359 bits per heavy atom. The lowest BCUT2D eigenvalue weighted by Crippen LogP contribution is -2.08. The van der Waals surface area contributed by atoms with Crippen molar-refractivity contribution in [3.05, 3.63) is 174 Å². The molecule has 0 amide bonds. The van der Waals surface area contributed by atoms with Crippen molar-refractivity contribution >= 4 is 229 Å². The van der Waals surface area contributed by atoms with E-state index in [0.29, 0.717) is 39.6 Å². The summed E-state index contributed by atoms with van der Waals surface area (Å²) in [5.41, 5.74) is 13.3. The van der Waals surface area contributed by atoms with Crippen molar-refractivity contribution in [1.29, 1.82) is 0 Å². The molecular formula is C131H143N3O6S2. The Bertz CT molecular complexity index is 7910. The standard InChI is InChI=1S/C131H143N3O6S2/c1-12-18-24-30-36-42-62-135-105-68-80(7)69-106(136-63-43-37-31-25-19-13-2)129(105)132-101-76-97-95-74-99-125-119-89(83-50-48-52-93-111(141-10)78-103(123(125)113(83)93)133(99)130-107(137-64-44-38-32-26-20-14-3)70-81(8)71-108(130)138-65-45-39-33-27-21-15-4)58-54-85(115(95)119)87-56-60-91-92-61-57-88-86-55-59-90-84-51-49-53-94-112(142-11)79-104-124(114(84)94)126-100(75-96(116(86)120(90)126)98-77-102(132)128(122(92)118(88)98)127(101)121(91)117(87)97)134(104)131-109(139-66-46-40-34-28-22-16-5)72-82(9)73-110(131)140-67-47-41-35-29-23-17-6/h48-61,68-79H,12-47,62-67H2,1-11H3. The molecule has 0 aliphatic heterocycles. The summed E-state index contributed by atoms with van der Waals surface area (Å²) in [6.07, 6.45) is 46.8. The van der Waals surface area contributed by atoms with Gasteiger partial charge in [-0.3, -0.25) is 0 Å². The first-order valence-electron chi connectivity index (χ1n) is 55.5. The van der Waals surface area contributed by atoms with E-state index in [1.807, 2.05) is 23.5 Å². The van der Waals surface area contributed by atoms with Crippen molar-refractivity contribution in [3.63, 3.8) is 0 Å². The minimum absolute atomic E-state index is 0.592. The van der Waals surface area contributed by atoms with E-state index >= 15 is 0 Å². The van der Waals surface area contributed by atoms with Crippen molar-refractivity contribution < 1.29 is 28.4 Å². The van der Waals surface area contributed by atoms with E-state index in [-0.39, 0.29) is 0 Å². The number of rotatable bonds is 53. The molecule has 0 saturated carbocycles. The third-order valence-corrected chi connectivity index (χ3v) is 34.2. The molecule has 0 unspecified atom stereocenters. The second-order valence-electron chi connectivity index (χ2n) is 42.4. The first kappa shape index (κ1) is 94.3. The minimum atomic E-state index is 0.592. The second kappa shape index (κ2) is 40.8. The number of ether oxygens (including phenoxy) is 6. The van der Waals surface area contributed by atoms with Gasteiger partial charge in [0.05, 0.1) is 72.7 Å². The predicted molar refractivity (Wildman–Crippen MR) is 618 cm³/mol. The van der Waals surface area contributed by atoms with Crippen LogP contribution in [0, 0.1) is 20.8 Å². The molecular weight excluding hydrogens is 1780 g/mol. The van der Waals surface area contributed by atoms with Crippen LogP contribution in [0.4, 0.5) is 0 Å². The SMILES string of the molecule is CCCCCCCCOc1cc(C)cc(OCCCCCCCC)c1-n1c2cc(SC)c3cccc4c5ccc6c7ccc8c9ccc%10c%11ccc%12c%13cccc%14c(SC)cc%15c(c%14%13)c%13c%12c%11c(cc%13n%15-c%11c(OCCCCCCCC)cc(C)cc%11OCCCCCCCC)c%11cc%12c(c9c%10%11)c9c8c7c(cc9n%12-c7c(OCCCCCCCC)cc(C)cc7OCCCCCCCC)c7cc1c(c5c67)c2c34. The van der Waals surface area contributed by atoms with Gasteiger partial charge >= 0.3 is 0 Å². The van der Waals surface area contributed by atoms with Gasteiger partial charge in [-0.2, -0.15) is 0 Å². The lowest BCUT2D eigenvalue weighted by Gasteiger charge is -2.23. The van der Waals surface area contributed by atoms with Gasteiger partial charge in [-0.15, -0.1) is 23.5 Å². The Morgan fingerprint density at radius 1 is 0.183 bits per heavy atom. The van der Waals surface area contributed by atoms with Gasteiger partial charge in [0.15, 0.2) is 0 Å². The van der Waals surface area contributed by atoms with Gasteiger partial charge < -0.3 is 42.1 Å². The molecule has 0 radical (unpaired) electrons. The fourth-order valence-electron chi connectivity index (χ4n) is 26.0. The third-order valence-electron chi connectivity index (χ3n) is 32.7. The number of thioether (sulfide) groups is 2. The molecule has 11 heteroatoms. The van der Waals surface area contributed by atoms with Crippen LogP contribution in [0.25, 0.3) is 223 Å². The maximum Gasteiger partial charge on any atom is 0.147 e. The quantitative estimate of drug-likeness (QED) is 0.0162. The smallest absolute Gasteiger partial charge is 0.147 e. The van der Waals surface area contributed by atoms with E-state index in [1.54, 1.807) is 0 Å². The van der Waals surface area contributed by atoms with E-state index in [4.69, 9.17) is 28.4 Å². The molecule has 0 fully saturated rings. The molecule has 20 aromatic carbocycles. The van der Waals surface area contributed by atoms with Crippen molar-refractivity contribution in [1.82, 2.24) is 13.7 Å². The highest BCUT2D eigenvalue weighted by Gasteiger charge is 2.37. The Balaban J connectivity index is 0.852. The monoisotopic (exact) mass is 1920 g/mol. The maximum absolute atomic E-state index is 7.69. The fraction of sp³-hybridized carbons (Fsp3) is 0.405. The molecule has 3 heterocycles. The van der Waals surface area contributed by atoms with E-state index < -0.39 is 0 Å². The summed E-state index contributed by atoms with van der Waals surface area (Å²) in [6.45, 7) is 24.3. The summed E-state index contributed by atoms with van der Waals surface area (Å²) in [5.74, 6) is 5.23. The van der Waals surface area contributed by atoms with E-state index in [9.17, 15) is 0 Å². The number of aryl methyl sites for hydroxylation is 3. The van der Waals surface area contributed by atoms with Crippen LogP contribution in [0.5, 0.6) is 34.5 Å². The lowest BCUT2D eigenvalue weighted by molar-refractivity contribution is 0.288. The Hall–Kier alpha value is -11.2. The van der Waals surface area contributed by atoms with Gasteiger partial charge in [-0.05, 0) is 269 Å². The number of fused-ring (bicyclic) bond motifs is 7. The highest BCUT2D eigenvalue weighted by Crippen LogP contribution is 2.62. The molecule has 730 valence electrons. The summed E-state index contributed by atoms with van der Waals surface area (Å²) in [7, 11) is 0. The Morgan fingerprint density at radius 3 is 0.577 bits per heavy atom. The highest BCUT2D eigenvalue weighted by molar-refractivity contribution is 7.99. The summed E-state index contributed by atoms with van der Waals surface area (Å²) in [5, 5.41) is 41.1. The van der Waals surface area contributed by atoms with E-state index in [2.05, 4.69) is 246 Å². The van der Waals surface area contributed by atoms with Crippen LogP contribution in [0.1, 0.15) is 289 Å². The van der Waals surface area contributed by atoms with E-state index in [0.717, 1.165) is 156 Å². The molecule has 0 N–H and O–H groups in total. The van der Waals surface area contributed by atoms with Crippen molar-refractivity contribution in [2.24, 2.45) is 0 Å². The molecule has 23 rings (SSSR count). The zero-order valence-corrected chi connectivity index (χ0v) is 88.0. The van der Waals surface area contributed by atoms with Gasteiger partial charge in [-0.1, -0.05) is 319 Å². The third kappa shape index (κ3) is 16.0. The summed E-state index contributed by atoms with van der Waals surface area (Å²) in [6, 6.07) is 64.2. The summed E-state index contributed by atoms with van der Waals surface area (Å²) < 4.78 is 53.2. The van der Waals surface area contributed by atoms with E-state index in [1.165, 1.54) is 358 Å². The number of benzene rings is 20. The molecule has 0 spiro atoms. The van der Waals surface area contributed by atoms with Crippen LogP contribution in [0.15, 0.2) is 168 Å². The van der Waals surface area contributed by atoms with Gasteiger partial charge in [0, 0.05) is 74.4 Å². The molecule has 0 aliphatic rings. The second-order valence-corrected chi connectivity index (χ2v) is 44.0. The fourth-order valence-corrected chi connectivity index (χ4v) is 27.3. The van der Waals surface area contributed by atoms with Crippen LogP contribution in [-0.2, 0) is 0 Å². The zero-order chi connectivity index (χ0) is 96.5. The average Bonchev–Trinajstić information content (AvgIpc) is 1.45. The first-order chi connectivity index (χ1) is 70.0. The van der Waals surface area contributed by atoms with Crippen LogP contribution in [-0.4, -0.2) is 65.9 Å². The number of nitrogens with zero attached hydrogens (tertiary/aromatic N) is 3. The normalized spacial score (nSPS) is 12.7. The first-order valence-corrected chi connectivity index (χ1v) is 57.9. The highest BCUT2D eigenvalue weighted by atomic mass is 32.2. The number of unbranched alkanes of at least 4 members (excludes halogenated alkanes) is 30. The van der Waals surface area contributed by atoms with Gasteiger partial charge in [0.2, 0.25) is 0 Å². The van der Waals surface area contributed by atoms with Crippen molar-refractivity contribution in [3.8, 4) is 51.6 Å². The van der Waals surface area contributed by atoms with Crippen LogP contribution < -0.4 is 28.4 Å². The van der Waals surface area contributed by atoms with Crippen molar-refractivity contribution in [2.45, 2.75) is 303 Å². The molecule has 142 heavy (non-hydrogen) atoms. The number of aromatic nitrogens is 3. The molecule has 0 saturated heterocycles. The molecule has 0 bridgehead atoms. The van der Waals surface area contributed by atoms with Crippen LogP contribution in [0.3, 0.4) is 0 Å². The molecule has 3 aromatic heterocycles. The lowest BCUT2D eigenvalue weighted by atomic mass is 9.80. The largest absolute Gasteiger partial charge is 0.491 e. The van der Waals surface area contributed by atoms with Gasteiger partial charge in [0.1, 0.15) is 51.6 Å². The Labute approximate surface area is 846 Å². The molecule has 9 nitrogen and oxygen atoms in total. The van der Waals surface area contributed by atoms with Crippen LogP contribution >= 0.6 is 23.5 Å². The molecule has 0 aliphatic carbocycles. The maximum atomic E-state index is 7.69. The summed E-state index contributed by atoms with van der Waals surface area (Å²) >= 11 is 3.71. The Kier molecular flexibility index (Phi) is 27.1. The zero-order valence-electron chi connectivity index (χ0n) is 86.3. The average molecular weight is 1920 g/mol. The number of hydrogen-bond acceptors (Lipinski definition) is 8.